The number of hydrogen-bond acceptors (Lipinski definition) is 5. The Morgan fingerprint density at radius 3 is 2.86 bits per heavy atom. The van der Waals surface area contributed by atoms with E-state index < -0.39 is 22.2 Å². The first-order valence-electron chi connectivity index (χ1n) is 7.47. The van der Waals surface area contributed by atoms with E-state index in [0.29, 0.717) is 19.4 Å². The molecular formula is C13H24N4O3S. The largest absolute Gasteiger partial charge is 0.391 e. The second-order valence-electron chi connectivity index (χ2n) is 5.57. The predicted octanol–water partition coefficient (Wildman–Crippen LogP) is 0.847. The maximum Gasteiger partial charge on any atom is 0.246 e. The Kier molecular flexibility index (Phi) is 5.23. The lowest BCUT2D eigenvalue weighted by molar-refractivity contribution is 0.130. The minimum atomic E-state index is -3.76. The molecule has 1 heterocycles. The van der Waals surface area contributed by atoms with Crippen LogP contribution in [-0.2, 0) is 16.6 Å². The summed E-state index contributed by atoms with van der Waals surface area (Å²) in [7, 11) is -3.76. The number of aryl methyl sites for hydroxylation is 1. The minimum Gasteiger partial charge on any atom is -0.391 e. The van der Waals surface area contributed by atoms with Crippen molar-refractivity contribution in [3.63, 3.8) is 0 Å². The highest BCUT2D eigenvalue weighted by atomic mass is 32.2. The Balaban J connectivity index is 2.17. The Morgan fingerprint density at radius 2 is 2.14 bits per heavy atom. The zero-order valence-electron chi connectivity index (χ0n) is 12.3. The third kappa shape index (κ3) is 3.96. The number of rotatable bonds is 5. The lowest BCUT2D eigenvalue weighted by atomic mass is 10.1. The van der Waals surface area contributed by atoms with Crippen LogP contribution >= 0.6 is 0 Å². The Labute approximate surface area is 125 Å². The molecule has 0 amide bonds. The van der Waals surface area contributed by atoms with Crippen LogP contribution < -0.4 is 10.5 Å². The van der Waals surface area contributed by atoms with Gasteiger partial charge in [0.05, 0.1) is 6.10 Å². The van der Waals surface area contributed by atoms with Crippen molar-refractivity contribution < 1.29 is 13.5 Å². The van der Waals surface area contributed by atoms with E-state index in [0.717, 1.165) is 25.7 Å². The molecule has 0 spiro atoms. The molecule has 21 heavy (non-hydrogen) atoms. The van der Waals surface area contributed by atoms with Gasteiger partial charge in [0.1, 0.15) is 4.90 Å². The van der Waals surface area contributed by atoms with Crippen molar-refractivity contribution in [3.8, 4) is 0 Å². The minimum absolute atomic E-state index is 0.000869. The summed E-state index contributed by atoms with van der Waals surface area (Å²) in [5.41, 5.74) is 5.71. The monoisotopic (exact) mass is 316 g/mol. The summed E-state index contributed by atoms with van der Waals surface area (Å²) in [6.07, 6.45) is 5.77. The summed E-state index contributed by atoms with van der Waals surface area (Å²) < 4.78 is 29.0. The molecule has 1 fully saturated rings. The summed E-state index contributed by atoms with van der Waals surface area (Å²) in [4.78, 5) is -0.00704. The molecule has 1 saturated carbocycles. The molecule has 1 aromatic rings. The number of nitrogens with zero attached hydrogens (tertiary/aromatic N) is 2. The maximum atomic E-state index is 12.4. The summed E-state index contributed by atoms with van der Waals surface area (Å²) in [5.74, 6) is -0.000869. The summed E-state index contributed by atoms with van der Waals surface area (Å²) in [6, 6.07) is -0.452. The van der Waals surface area contributed by atoms with E-state index in [-0.39, 0.29) is 10.7 Å². The van der Waals surface area contributed by atoms with Crippen LogP contribution in [0.3, 0.4) is 0 Å². The molecule has 1 aromatic heterocycles. The molecule has 4 N–H and O–H groups in total. The SMILES string of the molecule is CCCn1cc(S(=O)(=O)NC2CCCCCC2O)c(N)n1. The Morgan fingerprint density at radius 1 is 1.43 bits per heavy atom. The fourth-order valence-electron chi connectivity index (χ4n) is 2.66. The van der Waals surface area contributed by atoms with Gasteiger partial charge in [0.15, 0.2) is 5.82 Å². The lowest BCUT2D eigenvalue weighted by Crippen LogP contribution is -2.42. The van der Waals surface area contributed by atoms with Crippen LogP contribution in [0.4, 0.5) is 5.82 Å². The van der Waals surface area contributed by atoms with Crippen molar-refractivity contribution in [2.45, 2.75) is 69.0 Å². The Hall–Kier alpha value is -1.12. The van der Waals surface area contributed by atoms with Gasteiger partial charge >= 0.3 is 0 Å². The highest BCUT2D eigenvalue weighted by molar-refractivity contribution is 7.89. The van der Waals surface area contributed by atoms with Crippen LogP contribution in [0.15, 0.2) is 11.1 Å². The zero-order chi connectivity index (χ0) is 15.5. The van der Waals surface area contributed by atoms with Gasteiger partial charge in [-0.05, 0) is 19.3 Å². The van der Waals surface area contributed by atoms with E-state index >= 15 is 0 Å². The lowest BCUT2D eigenvalue weighted by Gasteiger charge is -2.21. The fraction of sp³-hybridized carbons (Fsp3) is 0.769. The van der Waals surface area contributed by atoms with Crippen molar-refractivity contribution >= 4 is 15.8 Å². The maximum absolute atomic E-state index is 12.4. The number of nitrogens with two attached hydrogens (primary N) is 1. The molecule has 8 heteroatoms. The molecule has 0 aromatic carbocycles. The third-order valence-corrected chi connectivity index (χ3v) is 5.29. The second-order valence-corrected chi connectivity index (χ2v) is 7.26. The number of sulfonamides is 1. The van der Waals surface area contributed by atoms with E-state index in [1.165, 1.54) is 10.9 Å². The van der Waals surface area contributed by atoms with Crippen LogP contribution in [0.2, 0.25) is 0 Å². The summed E-state index contributed by atoms with van der Waals surface area (Å²) >= 11 is 0. The van der Waals surface area contributed by atoms with Crippen LogP contribution in [0.5, 0.6) is 0 Å². The van der Waals surface area contributed by atoms with Gasteiger partial charge in [0.2, 0.25) is 10.0 Å². The normalized spacial score (nSPS) is 23.9. The first kappa shape index (κ1) is 16.3. The van der Waals surface area contributed by atoms with Crippen LogP contribution in [0, 0.1) is 0 Å². The summed E-state index contributed by atoms with van der Waals surface area (Å²) in [6.45, 7) is 2.60. The highest BCUT2D eigenvalue weighted by Gasteiger charge is 2.29. The number of aliphatic hydroxyl groups excluding tert-OH is 1. The van der Waals surface area contributed by atoms with E-state index in [9.17, 15) is 13.5 Å². The van der Waals surface area contributed by atoms with E-state index in [1.54, 1.807) is 0 Å². The molecule has 2 rings (SSSR count). The average molecular weight is 316 g/mol. The number of nitrogens with one attached hydrogen (secondary N) is 1. The molecule has 0 saturated heterocycles. The molecule has 1 aliphatic rings. The van der Waals surface area contributed by atoms with E-state index in [1.807, 2.05) is 6.92 Å². The van der Waals surface area contributed by atoms with Crippen molar-refractivity contribution in [2.75, 3.05) is 5.73 Å². The number of anilines is 1. The summed E-state index contributed by atoms with van der Waals surface area (Å²) in [5, 5.41) is 14.0. The zero-order valence-corrected chi connectivity index (χ0v) is 13.1. The Bertz CT molecular complexity index is 570. The quantitative estimate of drug-likeness (QED) is 0.697. The van der Waals surface area contributed by atoms with Gasteiger partial charge in [-0.15, -0.1) is 0 Å². The molecule has 120 valence electrons. The van der Waals surface area contributed by atoms with Gasteiger partial charge in [-0.25, -0.2) is 13.1 Å². The predicted molar refractivity (Wildman–Crippen MR) is 80.1 cm³/mol. The van der Waals surface area contributed by atoms with Crippen molar-refractivity contribution in [3.05, 3.63) is 6.20 Å². The number of aromatic nitrogens is 2. The van der Waals surface area contributed by atoms with Gasteiger partial charge in [-0.3, -0.25) is 4.68 Å². The number of aliphatic hydroxyl groups is 1. The van der Waals surface area contributed by atoms with Gasteiger partial charge < -0.3 is 10.8 Å². The molecule has 0 bridgehead atoms. The fourth-order valence-corrected chi connectivity index (χ4v) is 4.03. The van der Waals surface area contributed by atoms with Crippen molar-refractivity contribution in [2.24, 2.45) is 0 Å². The third-order valence-electron chi connectivity index (χ3n) is 3.78. The number of hydrogen-bond donors (Lipinski definition) is 3. The molecule has 1 aliphatic carbocycles. The van der Waals surface area contributed by atoms with Gasteiger partial charge in [-0.1, -0.05) is 26.2 Å². The molecule has 0 aliphatic heterocycles. The topological polar surface area (TPSA) is 110 Å². The smallest absolute Gasteiger partial charge is 0.246 e. The van der Waals surface area contributed by atoms with Crippen LogP contribution in [0.1, 0.15) is 45.4 Å². The molecule has 2 unspecified atom stereocenters. The highest BCUT2D eigenvalue weighted by Crippen LogP contribution is 2.22. The first-order valence-corrected chi connectivity index (χ1v) is 8.95. The van der Waals surface area contributed by atoms with Gasteiger partial charge in [0, 0.05) is 18.8 Å². The first-order chi connectivity index (χ1) is 9.94. The second kappa shape index (κ2) is 6.76. The number of nitrogen functional groups attached to an aromatic ring is 1. The van der Waals surface area contributed by atoms with Crippen LogP contribution in [-0.4, -0.2) is 35.5 Å². The van der Waals surface area contributed by atoms with Crippen molar-refractivity contribution in [1.82, 2.24) is 14.5 Å². The van der Waals surface area contributed by atoms with E-state index in [2.05, 4.69) is 9.82 Å². The van der Waals surface area contributed by atoms with E-state index in [4.69, 9.17) is 5.73 Å². The molecular weight excluding hydrogens is 292 g/mol. The van der Waals surface area contributed by atoms with Gasteiger partial charge in [0.25, 0.3) is 0 Å². The standard InChI is InChI=1S/C13H24N4O3S/c1-2-8-17-9-12(13(14)15-17)21(19,20)16-10-6-4-3-5-7-11(10)18/h9-11,16,18H,2-8H2,1H3,(H2,14,15). The molecule has 0 radical (unpaired) electrons. The van der Waals surface area contributed by atoms with Crippen molar-refractivity contribution in [1.29, 1.82) is 0 Å². The molecule has 7 nitrogen and oxygen atoms in total. The van der Waals surface area contributed by atoms with Gasteiger partial charge in [-0.2, -0.15) is 5.10 Å². The van der Waals surface area contributed by atoms with Crippen LogP contribution in [0.25, 0.3) is 0 Å². The molecule has 2 atom stereocenters. The average Bonchev–Trinajstić information content (AvgIpc) is 2.67.